The molecule has 2 saturated heterocycles. The number of H-pyrrole nitrogens is 1. The fourth-order valence-corrected chi connectivity index (χ4v) is 8.87. The van der Waals surface area contributed by atoms with Gasteiger partial charge in [0, 0.05) is 33.4 Å². The average Bonchev–Trinajstić information content (AvgIpc) is 4.13. The maximum atomic E-state index is 14.0. The number of nitrogens with zero attached hydrogens (tertiary/aromatic N) is 5. The Kier molecular flexibility index (Phi) is 16.4. The smallest absolute Gasteiger partial charge is 0.407 e. The Balaban J connectivity index is 1.18. The zero-order chi connectivity index (χ0) is 45.0. The lowest BCUT2D eigenvalue weighted by Crippen LogP contribution is -2.51. The van der Waals surface area contributed by atoms with Crippen molar-refractivity contribution in [3.05, 3.63) is 72.6 Å². The maximum absolute atomic E-state index is 14.0. The Labute approximate surface area is 371 Å². The molecule has 2 fully saturated rings. The summed E-state index contributed by atoms with van der Waals surface area (Å²) < 4.78 is 17.2. The number of ether oxygens (including phenoxy) is 3. The van der Waals surface area contributed by atoms with Gasteiger partial charge in [-0.25, -0.2) is 19.6 Å². The number of benzene rings is 2. The van der Waals surface area contributed by atoms with Crippen LogP contribution < -0.4 is 10.6 Å². The van der Waals surface area contributed by atoms with Crippen LogP contribution in [0.25, 0.3) is 33.6 Å². The normalized spacial score (nSPS) is 17.3. The number of nitrogens with one attached hydrogen (secondary N) is 3. The van der Waals surface area contributed by atoms with Crippen LogP contribution in [-0.4, -0.2) is 106 Å². The third-order valence-electron chi connectivity index (χ3n) is 12.4. The lowest BCUT2D eigenvalue weighted by atomic mass is 10.0. The molecule has 4 atom stereocenters. The minimum Gasteiger partial charge on any atom is -0.453 e. The molecule has 63 heavy (non-hydrogen) atoms. The Morgan fingerprint density at radius 3 is 1.73 bits per heavy atom. The Hall–Kier alpha value is -5.70. The van der Waals surface area contributed by atoms with E-state index in [0.717, 1.165) is 116 Å². The first-order chi connectivity index (χ1) is 30.4. The summed E-state index contributed by atoms with van der Waals surface area (Å²) in [6.07, 6.45) is 11.1. The number of amides is 4. The molecule has 0 unspecified atom stereocenters. The molecule has 2 aromatic carbocycles. The van der Waals surface area contributed by atoms with Gasteiger partial charge < -0.3 is 44.2 Å². The molecule has 4 heterocycles. The molecule has 0 radical (unpaired) electrons. The van der Waals surface area contributed by atoms with Gasteiger partial charge in [-0.1, -0.05) is 95.5 Å². The van der Waals surface area contributed by atoms with Crippen molar-refractivity contribution in [3.63, 3.8) is 0 Å². The second-order valence-electron chi connectivity index (χ2n) is 17.3. The minimum atomic E-state index is -0.700. The minimum absolute atomic E-state index is 0.109. The van der Waals surface area contributed by atoms with Crippen molar-refractivity contribution in [2.75, 3.05) is 41.0 Å². The summed E-state index contributed by atoms with van der Waals surface area (Å²) >= 11 is 0. The van der Waals surface area contributed by atoms with E-state index >= 15 is 0 Å². The van der Waals surface area contributed by atoms with E-state index in [2.05, 4.69) is 68.7 Å². The Morgan fingerprint density at radius 2 is 1.17 bits per heavy atom. The lowest BCUT2D eigenvalue weighted by Gasteiger charge is -2.31. The van der Waals surface area contributed by atoms with Crippen molar-refractivity contribution in [2.24, 2.45) is 11.8 Å². The molecule has 0 saturated carbocycles. The summed E-state index contributed by atoms with van der Waals surface area (Å²) in [6, 6.07) is 15.1. The number of aromatic nitrogens is 4. The standard InChI is InChI=1S/C48H66N8O7/c1-31(2)41(52-47(59)62-6)45(57)55-26-13-15-38(55)43-49-29-37(51-43)35-21-17-33(18-22-35)34-19-23-36(24-20-34)40-30-50-44(54(40)25-11-9-8-10-12-28-61-5)39-16-14-27-56(39)46(58)42(32(3)4)53-48(60)63-7/h17-24,29-32,38-39,41-42H,8-16,25-28H2,1-7H3,(H,49,51)(H,52,59)(H,53,60)/t38-,39-,41-,42-/m0/s1. The van der Waals surface area contributed by atoms with Crippen molar-refractivity contribution in [1.82, 2.24) is 40.0 Å². The van der Waals surface area contributed by atoms with E-state index < -0.39 is 24.3 Å². The molecule has 4 amide bonds. The average molecular weight is 867 g/mol. The van der Waals surface area contributed by atoms with Crippen LogP contribution in [-0.2, 0) is 30.3 Å². The highest BCUT2D eigenvalue weighted by molar-refractivity contribution is 5.87. The molecule has 3 N–H and O–H groups in total. The van der Waals surface area contributed by atoms with Crippen molar-refractivity contribution in [3.8, 4) is 33.6 Å². The van der Waals surface area contributed by atoms with E-state index in [9.17, 15) is 19.2 Å². The van der Waals surface area contributed by atoms with Crippen molar-refractivity contribution >= 4 is 24.0 Å². The number of rotatable bonds is 19. The number of unbranched alkanes of at least 4 members (excludes halogenated alkanes) is 4. The van der Waals surface area contributed by atoms with E-state index in [0.29, 0.717) is 13.1 Å². The molecule has 0 aliphatic carbocycles. The monoisotopic (exact) mass is 867 g/mol. The fourth-order valence-electron chi connectivity index (χ4n) is 8.87. The highest BCUT2D eigenvalue weighted by atomic mass is 16.5. The molecular formula is C48H66N8O7. The number of carbonyl (C=O) groups is 4. The van der Waals surface area contributed by atoms with Gasteiger partial charge in [-0.2, -0.15) is 0 Å². The van der Waals surface area contributed by atoms with Crippen LogP contribution in [0.4, 0.5) is 9.59 Å². The predicted molar refractivity (Wildman–Crippen MR) is 241 cm³/mol. The number of alkyl carbamates (subject to hydrolysis) is 2. The number of likely N-dealkylation sites (tertiary alicyclic amines) is 2. The first-order valence-electron chi connectivity index (χ1n) is 22.6. The van der Waals surface area contributed by atoms with Gasteiger partial charge in [0.2, 0.25) is 11.8 Å². The molecule has 6 rings (SSSR count). The van der Waals surface area contributed by atoms with Gasteiger partial charge in [-0.3, -0.25) is 9.59 Å². The number of hydrogen-bond acceptors (Lipinski definition) is 9. The molecule has 15 heteroatoms. The van der Waals surface area contributed by atoms with E-state index in [4.69, 9.17) is 24.2 Å². The predicted octanol–water partition coefficient (Wildman–Crippen LogP) is 8.29. The molecule has 0 bridgehead atoms. The summed E-state index contributed by atoms with van der Waals surface area (Å²) in [5.74, 6) is 1.12. The largest absolute Gasteiger partial charge is 0.453 e. The molecule has 2 aromatic heterocycles. The van der Waals surface area contributed by atoms with Crippen LogP contribution in [0.15, 0.2) is 60.9 Å². The molecule has 2 aliphatic rings. The van der Waals surface area contributed by atoms with Gasteiger partial charge in [0.05, 0.1) is 50.1 Å². The number of aromatic amines is 1. The van der Waals surface area contributed by atoms with E-state index in [1.807, 2.05) is 49.9 Å². The van der Waals surface area contributed by atoms with Gasteiger partial charge >= 0.3 is 12.2 Å². The maximum Gasteiger partial charge on any atom is 0.407 e. The van der Waals surface area contributed by atoms with Gasteiger partial charge in [-0.15, -0.1) is 0 Å². The molecule has 4 aromatic rings. The molecule has 15 nitrogen and oxygen atoms in total. The molecule has 340 valence electrons. The van der Waals surface area contributed by atoms with Gasteiger partial charge in [0.15, 0.2) is 0 Å². The third kappa shape index (κ3) is 11.3. The number of methoxy groups -OCH3 is 3. The first kappa shape index (κ1) is 46.8. The van der Waals surface area contributed by atoms with Crippen molar-refractivity contribution in [1.29, 1.82) is 0 Å². The second-order valence-corrected chi connectivity index (χ2v) is 17.3. The molecule has 0 spiro atoms. The van der Waals surface area contributed by atoms with Gasteiger partial charge in [0.1, 0.15) is 23.7 Å². The van der Waals surface area contributed by atoms with Crippen LogP contribution in [0, 0.1) is 11.8 Å². The highest BCUT2D eigenvalue weighted by Gasteiger charge is 2.39. The zero-order valence-electron chi connectivity index (χ0n) is 38.0. The van der Waals surface area contributed by atoms with Gasteiger partial charge in [0.25, 0.3) is 0 Å². The summed E-state index contributed by atoms with van der Waals surface area (Å²) in [5, 5.41) is 5.47. The van der Waals surface area contributed by atoms with Gasteiger partial charge in [-0.05, 0) is 72.6 Å². The van der Waals surface area contributed by atoms with Crippen LogP contribution in [0.2, 0.25) is 0 Å². The third-order valence-corrected chi connectivity index (χ3v) is 12.4. The van der Waals surface area contributed by atoms with Crippen LogP contribution in [0.3, 0.4) is 0 Å². The van der Waals surface area contributed by atoms with E-state index in [-0.39, 0.29) is 35.7 Å². The first-order valence-corrected chi connectivity index (χ1v) is 22.6. The molecule has 2 aliphatic heterocycles. The summed E-state index contributed by atoms with van der Waals surface area (Å²) in [4.78, 5) is 68.7. The lowest BCUT2D eigenvalue weighted by molar-refractivity contribution is -0.136. The highest BCUT2D eigenvalue weighted by Crippen LogP contribution is 2.37. The van der Waals surface area contributed by atoms with E-state index in [1.54, 1.807) is 7.11 Å². The number of hydrogen-bond donors (Lipinski definition) is 3. The van der Waals surface area contributed by atoms with Crippen LogP contribution in [0.5, 0.6) is 0 Å². The second kappa shape index (κ2) is 22.1. The quantitative estimate of drug-likeness (QED) is 0.0784. The summed E-state index contributed by atoms with van der Waals surface area (Å²) in [6.45, 7) is 10.4. The Morgan fingerprint density at radius 1 is 0.667 bits per heavy atom. The molecular weight excluding hydrogens is 801 g/mol. The van der Waals surface area contributed by atoms with Crippen molar-refractivity contribution < 1.29 is 33.4 Å². The topological polar surface area (TPSA) is 173 Å². The zero-order valence-corrected chi connectivity index (χ0v) is 38.0. The fraction of sp³-hybridized carbons (Fsp3) is 0.542. The Bertz CT molecular complexity index is 2130. The van der Waals surface area contributed by atoms with Crippen LogP contribution in [0.1, 0.15) is 109 Å². The van der Waals surface area contributed by atoms with Crippen molar-refractivity contribution in [2.45, 2.75) is 116 Å². The van der Waals surface area contributed by atoms with Crippen LogP contribution >= 0.6 is 0 Å². The van der Waals surface area contributed by atoms with E-state index in [1.165, 1.54) is 14.2 Å². The summed E-state index contributed by atoms with van der Waals surface area (Å²) in [5.41, 5.74) is 6.04. The SMILES string of the molecule is COCCCCCCCn1c(-c2ccc(-c3ccc(-c4cnc([C@@H]5CCCN5C(=O)[C@@H](NC(=O)OC)C(C)C)[nH]4)cc3)cc2)cnc1[C@@H]1CCCN1C(=O)[C@@H](NC(=O)OC)C(C)C. The number of carbonyl (C=O) groups excluding carboxylic acids is 4. The number of imidazole rings is 2. The summed E-state index contributed by atoms with van der Waals surface area (Å²) in [7, 11) is 4.34.